The van der Waals surface area contributed by atoms with E-state index < -0.39 is 21.2 Å². The Labute approximate surface area is 351 Å². The Bertz CT molecular complexity index is 1940. The van der Waals surface area contributed by atoms with Crippen LogP contribution in [0.1, 0.15) is 86.2 Å². The maximum Gasteiger partial charge on any atom is 0.264 e. The van der Waals surface area contributed by atoms with Gasteiger partial charge in [-0.15, -0.1) is 0 Å². The first kappa shape index (κ1) is 40.7. The van der Waals surface area contributed by atoms with Crippen molar-refractivity contribution in [2.45, 2.75) is 87.8 Å². The van der Waals surface area contributed by atoms with E-state index >= 15 is 0 Å². The molecule has 1 N–H and O–H groups in total. The fourth-order valence-corrected chi connectivity index (χ4v) is 13.6. The van der Waals surface area contributed by atoms with E-state index in [9.17, 15) is 13.2 Å². The zero-order chi connectivity index (χ0) is 39.9. The molecule has 10 nitrogen and oxygen atoms in total. The van der Waals surface area contributed by atoms with Crippen LogP contribution in [0.25, 0.3) is 0 Å². The van der Waals surface area contributed by atoms with Gasteiger partial charge in [0, 0.05) is 74.4 Å². The number of carbonyl (C=O) groups is 1. The molecule has 316 valence electrons. The van der Waals surface area contributed by atoms with Crippen LogP contribution < -0.4 is 14.4 Å². The summed E-state index contributed by atoms with van der Waals surface area (Å²) in [6.45, 7) is 13.5. The molecule has 9 rings (SSSR count). The SMILES string of the molecule is C[C@H]1C/C=C/[C@H](CN2CCN3CCCC[C@@H]3C2)[C@@H]2CC[C@H]2CN2C[C@@]3(CCCc4cc(Cl)ccc43)COc3ccc(cc32)C(=O)NS(=O)(=O)[C@@H]1CCN1CCOCC1. The van der Waals surface area contributed by atoms with Gasteiger partial charge in [-0.2, -0.15) is 0 Å². The molecule has 5 heterocycles. The molecule has 1 saturated carbocycles. The lowest BCUT2D eigenvalue weighted by molar-refractivity contribution is 0.0281. The average Bonchev–Trinajstić information content (AvgIpc) is 3.35. The molecule has 0 aromatic heterocycles. The first-order chi connectivity index (χ1) is 28.1. The number of piperazine rings is 1. The number of sulfonamides is 1. The Morgan fingerprint density at radius 1 is 0.948 bits per heavy atom. The van der Waals surface area contributed by atoms with Gasteiger partial charge < -0.3 is 14.4 Å². The molecule has 3 saturated heterocycles. The minimum Gasteiger partial charge on any atom is -0.490 e. The quantitative estimate of drug-likeness (QED) is 0.345. The Kier molecular flexibility index (Phi) is 12.2. The summed E-state index contributed by atoms with van der Waals surface area (Å²) in [5, 5.41) is 0.0507. The van der Waals surface area contributed by atoms with Crippen LogP contribution in [-0.2, 0) is 26.6 Å². The highest BCUT2D eigenvalue weighted by molar-refractivity contribution is 7.90. The van der Waals surface area contributed by atoms with E-state index in [0.29, 0.717) is 68.6 Å². The molecular weight excluding hydrogens is 770 g/mol. The van der Waals surface area contributed by atoms with Crippen LogP contribution in [0.3, 0.4) is 0 Å². The van der Waals surface area contributed by atoms with Gasteiger partial charge in [0.25, 0.3) is 5.91 Å². The van der Waals surface area contributed by atoms with E-state index in [2.05, 4.69) is 55.5 Å². The highest BCUT2D eigenvalue weighted by atomic mass is 35.5. The zero-order valence-corrected chi connectivity index (χ0v) is 36.0. The van der Waals surface area contributed by atoms with Crippen molar-refractivity contribution in [3.8, 4) is 5.75 Å². The van der Waals surface area contributed by atoms with E-state index in [1.54, 1.807) is 6.07 Å². The summed E-state index contributed by atoms with van der Waals surface area (Å²) in [6, 6.07) is 12.6. The monoisotopic (exact) mass is 833 g/mol. The second-order valence-corrected chi connectivity index (χ2v) is 21.1. The number of halogens is 1. The third-order valence-corrected chi connectivity index (χ3v) is 17.4. The average molecular weight is 835 g/mol. The minimum absolute atomic E-state index is 0.167. The second-order valence-electron chi connectivity index (χ2n) is 18.8. The number of amides is 1. The van der Waals surface area contributed by atoms with Gasteiger partial charge in [0.1, 0.15) is 5.75 Å². The Morgan fingerprint density at radius 2 is 1.83 bits per heavy atom. The number of nitrogens with one attached hydrogen (secondary N) is 1. The molecule has 1 spiro atoms. The lowest BCUT2D eigenvalue weighted by Gasteiger charge is -2.49. The summed E-state index contributed by atoms with van der Waals surface area (Å²) in [5.41, 5.74) is 3.62. The molecule has 12 heteroatoms. The van der Waals surface area contributed by atoms with Gasteiger partial charge in [0.15, 0.2) is 0 Å². The number of allylic oxidation sites excluding steroid dienone is 1. The Hall–Kier alpha value is -2.67. The number of fused-ring (bicyclic) bond motifs is 5. The lowest BCUT2D eigenvalue weighted by Crippen LogP contribution is -2.56. The molecule has 58 heavy (non-hydrogen) atoms. The first-order valence-corrected chi connectivity index (χ1v) is 24.4. The van der Waals surface area contributed by atoms with E-state index in [0.717, 1.165) is 88.1 Å². The van der Waals surface area contributed by atoms with Crippen molar-refractivity contribution in [2.75, 3.05) is 90.2 Å². The van der Waals surface area contributed by atoms with Crippen LogP contribution >= 0.6 is 11.6 Å². The highest BCUT2D eigenvalue weighted by Gasteiger charge is 2.45. The number of benzene rings is 2. The third kappa shape index (κ3) is 8.60. The minimum atomic E-state index is -4.02. The maximum absolute atomic E-state index is 14.4. The Morgan fingerprint density at radius 3 is 2.67 bits per heavy atom. The van der Waals surface area contributed by atoms with Crippen molar-refractivity contribution >= 4 is 33.2 Å². The van der Waals surface area contributed by atoms with Gasteiger partial charge in [0.05, 0.1) is 30.8 Å². The number of anilines is 1. The summed E-state index contributed by atoms with van der Waals surface area (Å²) in [7, 11) is -4.02. The van der Waals surface area contributed by atoms with E-state index in [1.165, 1.54) is 49.8 Å². The van der Waals surface area contributed by atoms with Gasteiger partial charge in [-0.25, -0.2) is 13.1 Å². The molecule has 2 aromatic carbocycles. The van der Waals surface area contributed by atoms with Gasteiger partial charge in [-0.1, -0.05) is 43.2 Å². The Balaban J connectivity index is 1.06. The van der Waals surface area contributed by atoms with Gasteiger partial charge >= 0.3 is 0 Å². The molecule has 7 aliphatic rings. The first-order valence-electron chi connectivity index (χ1n) is 22.4. The van der Waals surface area contributed by atoms with E-state index in [1.807, 2.05) is 18.2 Å². The largest absolute Gasteiger partial charge is 0.490 e. The number of nitrogens with zero attached hydrogens (tertiary/aromatic N) is 4. The molecule has 1 amide bonds. The van der Waals surface area contributed by atoms with Crippen molar-refractivity contribution in [1.29, 1.82) is 0 Å². The fourth-order valence-electron chi connectivity index (χ4n) is 11.7. The number of ether oxygens (including phenoxy) is 2. The van der Waals surface area contributed by atoms with E-state index in [-0.39, 0.29) is 11.3 Å². The van der Waals surface area contributed by atoms with Crippen molar-refractivity contribution in [3.63, 3.8) is 0 Å². The summed E-state index contributed by atoms with van der Waals surface area (Å²) in [5.74, 6) is 1.42. The van der Waals surface area contributed by atoms with Crippen molar-refractivity contribution < 1.29 is 22.7 Å². The standard InChI is InChI=1S/C46H64ClN5O5S/c1-33-6-4-7-36(28-50-20-21-51-18-3-2-9-39(51)30-50)40-13-10-37(40)29-52-31-46(17-5-8-34-26-38(47)12-14-41(34)46)32-57-43-15-11-35(27-42(43)52)45(53)48-58(54,55)44(33)16-19-49-22-24-56-25-23-49/h4,7,11-12,14-15,26-27,33,36-37,39-40,44H,2-3,5-6,8-10,13,16-25,28-32H2,1H3,(H,48,53)/b7-4+/t33-,36+,37-,39+,40-,44+,46-/m0/s1. The predicted octanol–water partition coefficient (Wildman–Crippen LogP) is 6.37. The molecule has 5 aliphatic heterocycles. The number of carbonyl (C=O) groups excluding carboxylic acids is 1. The number of hydrogen-bond donors (Lipinski definition) is 1. The summed E-state index contributed by atoms with van der Waals surface area (Å²) < 4.78 is 43.7. The molecule has 7 atom stereocenters. The van der Waals surface area contributed by atoms with Crippen LogP contribution in [0.5, 0.6) is 5.75 Å². The van der Waals surface area contributed by atoms with Gasteiger partial charge in [0.2, 0.25) is 10.0 Å². The third-order valence-electron chi connectivity index (χ3n) is 15.2. The topological polar surface area (TPSA) is 94.7 Å². The number of hydrogen-bond acceptors (Lipinski definition) is 9. The molecule has 2 aromatic rings. The van der Waals surface area contributed by atoms with Gasteiger partial charge in [-0.3, -0.25) is 19.5 Å². The molecule has 2 bridgehead atoms. The summed E-state index contributed by atoms with van der Waals surface area (Å²) in [6.07, 6.45) is 15.3. The number of rotatable bonds is 5. The smallest absolute Gasteiger partial charge is 0.264 e. The number of morpholine rings is 1. The number of piperidine rings is 1. The summed E-state index contributed by atoms with van der Waals surface area (Å²) in [4.78, 5) is 24.3. The highest BCUT2D eigenvalue weighted by Crippen LogP contribution is 2.48. The zero-order valence-electron chi connectivity index (χ0n) is 34.5. The van der Waals surface area contributed by atoms with Crippen LogP contribution in [0.15, 0.2) is 48.6 Å². The van der Waals surface area contributed by atoms with Crippen LogP contribution in [0, 0.1) is 23.7 Å². The number of aryl methyl sites for hydroxylation is 1. The van der Waals surface area contributed by atoms with Crippen LogP contribution in [0.4, 0.5) is 5.69 Å². The van der Waals surface area contributed by atoms with E-state index in [4.69, 9.17) is 21.1 Å². The molecule has 0 radical (unpaired) electrons. The maximum atomic E-state index is 14.4. The second kappa shape index (κ2) is 17.4. The molecule has 4 fully saturated rings. The molecular formula is C46H64ClN5O5S. The van der Waals surface area contributed by atoms with Gasteiger partial charge in [-0.05, 0) is 136 Å². The van der Waals surface area contributed by atoms with Crippen molar-refractivity contribution in [2.24, 2.45) is 23.7 Å². The molecule has 2 aliphatic carbocycles. The summed E-state index contributed by atoms with van der Waals surface area (Å²) >= 11 is 6.55. The lowest BCUT2D eigenvalue weighted by atomic mass is 9.65. The van der Waals surface area contributed by atoms with Crippen molar-refractivity contribution in [3.05, 3.63) is 70.3 Å². The normalized spacial score (nSPS) is 34.0. The fraction of sp³-hybridized carbons (Fsp3) is 0.674. The van der Waals surface area contributed by atoms with Crippen molar-refractivity contribution in [1.82, 2.24) is 19.4 Å². The van der Waals surface area contributed by atoms with Crippen LogP contribution in [0.2, 0.25) is 5.02 Å². The van der Waals surface area contributed by atoms with Crippen LogP contribution in [-0.4, -0.2) is 126 Å². The molecule has 0 unspecified atom stereocenters. The predicted molar refractivity (Wildman–Crippen MR) is 231 cm³/mol.